The van der Waals surface area contributed by atoms with Crippen molar-refractivity contribution in [1.29, 1.82) is 0 Å². The molecule has 3 unspecified atom stereocenters. The predicted octanol–water partition coefficient (Wildman–Crippen LogP) is 4.72. The predicted molar refractivity (Wildman–Crippen MR) is 74.0 cm³/mol. The van der Waals surface area contributed by atoms with Crippen LogP contribution in [0.3, 0.4) is 0 Å². The number of rotatable bonds is 1. The summed E-state index contributed by atoms with van der Waals surface area (Å²) in [5.41, 5.74) is 0.567. The van der Waals surface area contributed by atoms with Gasteiger partial charge in [-0.05, 0) is 49.0 Å². The Morgan fingerprint density at radius 3 is 2.81 bits per heavy atom. The van der Waals surface area contributed by atoms with Crippen molar-refractivity contribution >= 4 is 18.2 Å². The van der Waals surface area contributed by atoms with Gasteiger partial charge in [0.05, 0.1) is 0 Å². The van der Waals surface area contributed by atoms with Crippen molar-refractivity contribution in [3.05, 3.63) is 0 Å². The molecule has 0 saturated heterocycles. The third-order valence-electron chi connectivity index (χ3n) is 4.86. The number of fused-ring (bicyclic) bond motifs is 1. The molecule has 1 saturated carbocycles. The summed E-state index contributed by atoms with van der Waals surface area (Å²) in [6, 6.07) is 0. The van der Waals surface area contributed by atoms with E-state index in [9.17, 15) is 0 Å². The van der Waals surface area contributed by atoms with E-state index < -0.39 is 0 Å². The number of hydrogen-bond donors (Lipinski definition) is 0. The summed E-state index contributed by atoms with van der Waals surface area (Å²) in [7, 11) is 0. The first kappa shape index (κ1) is 12.5. The Balaban J connectivity index is 2.02. The van der Waals surface area contributed by atoms with Crippen LogP contribution in [0, 0.1) is 17.3 Å². The average Bonchev–Trinajstić information content (AvgIpc) is 2.69. The normalized spacial score (nSPS) is 40.2. The van der Waals surface area contributed by atoms with Gasteiger partial charge in [-0.15, -0.1) is 0 Å². The lowest BCUT2D eigenvalue weighted by atomic mass is 9.72. The van der Waals surface area contributed by atoms with Crippen LogP contribution in [0.5, 0.6) is 0 Å². The summed E-state index contributed by atoms with van der Waals surface area (Å²) < 4.78 is 4.43. The number of hydrogen-bond acceptors (Lipinski definition) is 2. The van der Waals surface area contributed by atoms with Gasteiger partial charge < -0.3 is 0 Å². The van der Waals surface area contributed by atoms with Gasteiger partial charge in [0.2, 0.25) is 0 Å². The van der Waals surface area contributed by atoms with Crippen LogP contribution in [0.1, 0.15) is 59.3 Å². The molecule has 1 aliphatic carbocycles. The molecule has 2 aliphatic rings. The van der Waals surface area contributed by atoms with Crippen molar-refractivity contribution < 1.29 is 0 Å². The first-order valence-corrected chi connectivity index (χ1v) is 7.65. The molecule has 0 aromatic rings. The van der Waals surface area contributed by atoms with E-state index in [0.717, 1.165) is 17.1 Å². The maximum absolute atomic E-state index is 4.43. The highest BCUT2D eigenvalue weighted by molar-refractivity contribution is 7.99. The zero-order valence-corrected chi connectivity index (χ0v) is 11.7. The molecule has 1 fully saturated rings. The van der Waals surface area contributed by atoms with Gasteiger partial charge in [-0.2, -0.15) is 0 Å². The minimum Gasteiger partial charge on any atom is -0.228 e. The summed E-state index contributed by atoms with van der Waals surface area (Å²) in [5.74, 6) is 1.59. The SMILES string of the molecule is CC(C)C1(C)CCCCC2C=NSC2CC1. The standard InChI is InChI=1S/C14H25NS/c1-11(2)14(3)8-5-4-6-12-10-15-16-13(12)7-9-14/h10-13H,4-9H2,1-3H3. The monoisotopic (exact) mass is 239 g/mol. The van der Waals surface area contributed by atoms with Crippen LogP contribution >= 0.6 is 11.9 Å². The molecule has 3 atom stereocenters. The molecular formula is C14H25NS. The van der Waals surface area contributed by atoms with Crippen LogP contribution in [0.15, 0.2) is 4.40 Å². The van der Waals surface area contributed by atoms with Crippen LogP contribution in [-0.2, 0) is 0 Å². The Morgan fingerprint density at radius 2 is 2.06 bits per heavy atom. The first-order chi connectivity index (χ1) is 7.62. The molecule has 1 heterocycles. The molecule has 16 heavy (non-hydrogen) atoms. The van der Waals surface area contributed by atoms with E-state index in [1.165, 1.54) is 38.5 Å². The second kappa shape index (κ2) is 5.12. The van der Waals surface area contributed by atoms with Crippen LogP contribution < -0.4 is 0 Å². The van der Waals surface area contributed by atoms with Crippen molar-refractivity contribution in [2.75, 3.05) is 0 Å². The van der Waals surface area contributed by atoms with Crippen LogP contribution in [-0.4, -0.2) is 11.5 Å². The van der Waals surface area contributed by atoms with Crippen LogP contribution in [0.2, 0.25) is 0 Å². The summed E-state index contributed by atoms with van der Waals surface area (Å²) in [6.45, 7) is 7.29. The highest BCUT2D eigenvalue weighted by Crippen LogP contribution is 2.43. The molecule has 92 valence electrons. The molecule has 0 bridgehead atoms. The molecule has 1 aliphatic heterocycles. The molecular weight excluding hydrogens is 214 g/mol. The van der Waals surface area contributed by atoms with Crippen LogP contribution in [0.4, 0.5) is 0 Å². The molecule has 0 spiro atoms. The Bertz CT molecular complexity index is 261. The lowest BCUT2D eigenvalue weighted by Crippen LogP contribution is -2.25. The molecule has 0 aromatic heterocycles. The Kier molecular flexibility index (Phi) is 3.99. The van der Waals surface area contributed by atoms with Crippen molar-refractivity contribution in [2.24, 2.45) is 21.6 Å². The summed E-state index contributed by atoms with van der Waals surface area (Å²) in [4.78, 5) is 0. The van der Waals surface area contributed by atoms with Crippen LogP contribution in [0.25, 0.3) is 0 Å². The van der Waals surface area contributed by atoms with Crippen molar-refractivity contribution in [3.8, 4) is 0 Å². The fraction of sp³-hybridized carbons (Fsp3) is 0.929. The zero-order valence-electron chi connectivity index (χ0n) is 10.9. The molecule has 2 rings (SSSR count). The Morgan fingerprint density at radius 1 is 1.25 bits per heavy atom. The summed E-state index contributed by atoms with van der Waals surface area (Å²) in [5, 5.41) is 0.788. The third kappa shape index (κ3) is 2.64. The van der Waals surface area contributed by atoms with Gasteiger partial charge in [-0.3, -0.25) is 0 Å². The van der Waals surface area contributed by atoms with Gasteiger partial charge in [0.15, 0.2) is 0 Å². The fourth-order valence-electron chi connectivity index (χ4n) is 2.98. The quantitative estimate of drug-likeness (QED) is 0.603. The summed E-state index contributed by atoms with van der Waals surface area (Å²) >= 11 is 1.84. The lowest BCUT2D eigenvalue weighted by Gasteiger charge is -2.34. The van der Waals surface area contributed by atoms with E-state index in [-0.39, 0.29) is 0 Å². The number of nitrogens with zero attached hydrogens (tertiary/aromatic N) is 1. The minimum atomic E-state index is 0.567. The van der Waals surface area contributed by atoms with E-state index in [1.54, 1.807) is 0 Å². The average molecular weight is 239 g/mol. The van der Waals surface area contributed by atoms with Gasteiger partial charge in [-0.1, -0.05) is 33.6 Å². The molecule has 0 radical (unpaired) electrons. The molecule has 0 N–H and O–H groups in total. The van der Waals surface area contributed by atoms with Gasteiger partial charge in [0, 0.05) is 17.4 Å². The largest absolute Gasteiger partial charge is 0.228 e. The fourth-order valence-corrected chi connectivity index (χ4v) is 3.94. The highest BCUT2D eigenvalue weighted by Gasteiger charge is 2.33. The lowest BCUT2D eigenvalue weighted by molar-refractivity contribution is 0.174. The first-order valence-electron chi connectivity index (χ1n) is 6.81. The van der Waals surface area contributed by atoms with E-state index >= 15 is 0 Å². The highest BCUT2D eigenvalue weighted by atomic mass is 32.2. The van der Waals surface area contributed by atoms with Gasteiger partial charge >= 0.3 is 0 Å². The maximum Gasteiger partial charge on any atom is 0.0344 e. The molecule has 0 aromatic carbocycles. The van der Waals surface area contributed by atoms with Crippen molar-refractivity contribution in [1.82, 2.24) is 0 Å². The molecule has 0 amide bonds. The summed E-state index contributed by atoms with van der Waals surface area (Å²) in [6.07, 6.45) is 10.6. The van der Waals surface area contributed by atoms with Gasteiger partial charge in [0.1, 0.15) is 0 Å². The maximum atomic E-state index is 4.43. The van der Waals surface area contributed by atoms with E-state index in [1.807, 2.05) is 11.9 Å². The molecule has 2 heteroatoms. The van der Waals surface area contributed by atoms with E-state index in [0.29, 0.717) is 5.41 Å². The topological polar surface area (TPSA) is 12.4 Å². The Labute approximate surface area is 105 Å². The van der Waals surface area contributed by atoms with Crippen molar-refractivity contribution in [3.63, 3.8) is 0 Å². The smallest absolute Gasteiger partial charge is 0.0344 e. The zero-order chi connectivity index (χ0) is 11.6. The van der Waals surface area contributed by atoms with E-state index in [4.69, 9.17) is 0 Å². The van der Waals surface area contributed by atoms with Crippen molar-refractivity contribution in [2.45, 2.75) is 64.5 Å². The molecule has 1 nitrogen and oxygen atoms in total. The van der Waals surface area contributed by atoms with E-state index in [2.05, 4.69) is 31.4 Å². The minimum absolute atomic E-state index is 0.567. The Hall–Kier alpha value is 0.0200. The van der Waals surface area contributed by atoms with Gasteiger partial charge in [0.25, 0.3) is 0 Å². The third-order valence-corrected chi connectivity index (χ3v) is 5.95. The second-order valence-corrected chi connectivity index (χ2v) is 7.18. The second-order valence-electron chi connectivity index (χ2n) is 6.16. The van der Waals surface area contributed by atoms with Gasteiger partial charge in [-0.25, -0.2) is 4.40 Å².